The largest absolute Gasteiger partial charge is 0.493 e. The zero-order chi connectivity index (χ0) is 21.7. The van der Waals surface area contributed by atoms with Crippen molar-refractivity contribution in [3.8, 4) is 28.7 Å². The van der Waals surface area contributed by atoms with Crippen LogP contribution >= 0.6 is 0 Å². The van der Waals surface area contributed by atoms with E-state index >= 15 is 0 Å². The van der Waals surface area contributed by atoms with Gasteiger partial charge in [0.2, 0.25) is 11.6 Å². The van der Waals surface area contributed by atoms with Crippen LogP contribution in [0.15, 0.2) is 40.8 Å². The van der Waals surface area contributed by atoms with Crippen molar-refractivity contribution in [3.63, 3.8) is 0 Å². The second-order valence-corrected chi connectivity index (χ2v) is 6.43. The molecule has 30 heavy (non-hydrogen) atoms. The van der Waals surface area contributed by atoms with Crippen molar-refractivity contribution in [2.24, 2.45) is 0 Å². The number of hydrogen-bond acceptors (Lipinski definition) is 9. The van der Waals surface area contributed by atoms with Crippen LogP contribution in [0.25, 0.3) is 11.5 Å². The zero-order valence-corrected chi connectivity index (χ0v) is 17.5. The van der Waals surface area contributed by atoms with Crippen molar-refractivity contribution in [3.05, 3.63) is 47.9 Å². The quantitative estimate of drug-likeness (QED) is 0.516. The van der Waals surface area contributed by atoms with E-state index in [0.29, 0.717) is 28.4 Å². The van der Waals surface area contributed by atoms with E-state index in [4.69, 9.17) is 23.4 Å². The molecule has 0 aliphatic heterocycles. The van der Waals surface area contributed by atoms with Crippen LogP contribution < -0.4 is 19.1 Å². The molecule has 0 atom stereocenters. The molecule has 0 aliphatic rings. The number of anilines is 1. The predicted molar refractivity (Wildman–Crippen MR) is 109 cm³/mol. The van der Waals surface area contributed by atoms with Gasteiger partial charge in [0.1, 0.15) is 0 Å². The number of hydrogen-bond donors (Lipinski definition) is 0. The Balaban J connectivity index is 1.71. The van der Waals surface area contributed by atoms with Crippen LogP contribution in [0.5, 0.6) is 17.2 Å². The second-order valence-electron chi connectivity index (χ2n) is 6.43. The van der Waals surface area contributed by atoms with Crippen molar-refractivity contribution in [2.75, 3.05) is 40.3 Å². The summed E-state index contributed by atoms with van der Waals surface area (Å²) < 4.78 is 26.9. The molecule has 0 N–H and O–H groups in total. The van der Waals surface area contributed by atoms with Gasteiger partial charge in [0.05, 0.1) is 26.9 Å². The maximum absolute atomic E-state index is 12.2. The van der Waals surface area contributed by atoms with Gasteiger partial charge in [-0.3, -0.25) is 0 Å². The highest BCUT2D eigenvalue weighted by Gasteiger charge is 2.18. The van der Waals surface area contributed by atoms with Crippen molar-refractivity contribution < 1.29 is 28.2 Å². The molecular weight excluding hydrogens is 390 g/mol. The van der Waals surface area contributed by atoms with Crippen LogP contribution in [0, 0.1) is 0 Å². The number of ether oxygens (including phenoxy) is 4. The van der Waals surface area contributed by atoms with Gasteiger partial charge in [-0.2, -0.15) is 0 Å². The Morgan fingerprint density at radius 3 is 2.13 bits per heavy atom. The number of carbonyl (C=O) groups excluding carboxylic acids is 1. The van der Waals surface area contributed by atoms with Gasteiger partial charge in [0, 0.05) is 25.3 Å². The van der Waals surface area contributed by atoms with Gasteiger partial charge in [-0.25, -0.2) is 4.79 Å². The number of rotatable bonds is 8. The third-order valence-corrected chi connectivity index (χ3v) is 4.32. The lowest BCUT2D eigenvalue weighted by Crippen LogP contribution is -2.09. The zero-order valence-electron chi connectivity index (χ0n) is 17.5. The van der Waals surface area contributed by atoms with E-state index in [2.05, 4.69) is 10.2 Å². The highest BCUT2D eigenvalue weighted by Crippen LogP contribution is 2.40. The molecule has 9 nitrogen and oxygen atoms in total. The number of aromatic nitrogens is 2. The van der Waals surface area contributed by atoms with Crippen LogP contribution in [-0.2, 0) is 11.3 Å². The second kappa shape index (κ2) is 9.17. The van der Waals surface area contributed by atoms with Gasteiger partial charge in [-0.05, 0) is 36.4 Å². The highest BCUT2D eigenvalue weighted by molar-refractivity contribution is 5.89. The number of carbonyl (C=O) groups is 1. The predicted octanol–water partition coefficient (Wildman–Crippen LogP) is 3.19. The third kappa shape index (κ3) is 4.45. The summed E-state index contributed by atoms with van der Waals surface area (Å²) in [6.45, 7) is -0.147. The van der Waals surface area contributed by atoms with Crippen molar-refractivity contribution in [1.82, 2.24) is 10.2 Å². The van der Waals surface area contributed by atoms with Crippen molar-refractivity contribution in [2.45, 2.75) is 6.61 Å². The summed E-state index contributed by atoms with van der Waals surface area (Å²) in [5.74, 6) is 1.29. The van der Waals surface area contributed by atoms with E-state index in [1.807, 2.05) is 31.1 Å². The van der Waals surface area contributed by atoms with Gasteiger partial charge in [-0.1, -0.05) is 0 Å². The molecule has 0 aliphatic carbocycles. The summed E-state index contributed by atoms with van der Waals surface area (Å²) in [4.78, 5) is 14.2. The Bertz CT molecular complexity index is 989. The molecule has 3 aromatic rings. The van der Waals surface area contributed by atoms with Gasteiger partial charge in [-0.15, -0.1) is 10.2 Å². The normalized spacial score (nSPS) is 10.4. The molecule has 0 unspecified atom stereocenters. The molecule has 0 fully saturated rings. The summed E-state index contributed by atoms with van der Waals surface area (Å²) in [7, 11) is 8.41. The Kier molecular flexibility index (Phi) is 6.41. The minimum Gasteiger partial charge on any atom is -0.493 e. The fourth-order valence-electron chi connectivity index (χ4n) is 2.74. The molecule has 0 saturated heterocycles. The topological polar surface area (TPSA) is 96.2 Å². The lowest BCUT2D eigenvalue weighted by atomic mass is 10.2. The highest BCUT2D eigenvalue weighted by atomic mass is 16.5. The molecule has 3 rings (SSSR count). The van der Waals surface area contributed by atoms with E-state index in [-0.39, 0.29) is 18.4 Å². The first-order valence-electron chi connectivity index (χ1n) is 9.04. The van der Waals surface area contributed by atoms with E-state index in [9.17, 15) is 4.79 Å². The van der Waals surface area contributed by atoms with E-state index < -0.39 is 5.97 Å². The Hall–Kier alpha value is -3.75. The fraction of sp³-hybridized carbons (Fsp3) is 0.286. The molecule has 158 valence electrons. The van der Waals surface area contributed by atoms with Crippen molar-refractivity contribution >= 4 is 11.7 Å². The maximum atomic E-state index is 12.2. The monoisotopic (exact) mass is 413 g/mol. The maximum Gasteiger partial charge on any atom is 0.338 e. The number of methoxy groups -OCH3 is 3. The Labute approximate surface area is 174 Å². The van der Waals surface area contributed by atoms with Gasteiger partial charge >= 0.3 is 5.97 Å². The molecule has 0 saturated carbocycles. The van der Waals surface area contributed by atoms with Gasteiger partial charge in [0.15, 0.2) is 18.1 Å². The summed E-state index contributed by atoms with van der Waals surface area (Å²) in [6.07, 6.45) is 0. The molecular formula is C21H23N3O6. The third-order valence-electron chi connectivity index (χ3n) is 4.32. The van der Waals surface area contributed by atoms with Gasteiger partial charge < -0.3 is 28.3 Å². The first kappa shape index (κ1) is 21.0. The molecule has 2 aromatic carbocycles. The van der Waals surface area contributed by atoms with Gasteiger partial charge in [0.25, 0.3) is 5.89 Å². The minimum atomic E-state index is -0.479. The first-order valence-corrected chi connectivity index (χ1v) is 9.04. The molecule has 0 amide bonds. The van der Waals surface area contributed by atoms with Crippen molar-refractivity contribution in [1.29, 1.82) is 0 Å². The molecule has 1 heterocycles. The Morgan fingerprint density at radius 1 is 0.967 bits per heavy atom. The van der Waals surface area contributed by atoms with Crippen LogP contribution in [0.3, 0.4) is 0 Å². The summed E-state index contributed by atoms with van der Waals surface area (Å²) >= 11 is 0. The molecule has 9 heteroatoms. The average Bonchev–Trinajstić information content (AvgIpc) is 3.25. The average molecular weight is 413 g/mol. The smallest absolute Gasteiger partial charge is 0.338 e. The van der Waals surface area contributed by atoms with E-state index in [1.165, 1.54) is 21.3 Å². The molecule has 1 aromatic heterocycles. The van der Waals surface area contributed by atoms with Crippen LogP contribution in [0.4, 0.5) is 5.69 Å². The Morgan fingerprint density at radius 2 is 1.60 bits per heavy atom. The van der Waals surface area contributed by atoms with E-state index in [0.717, 1.165) is 5.69 Å². The number of esters is 1. The van der Waals surface area contributed by atoms with E-state index in [1.54, 1.807) is 24.3 Å². The SMILES string of the molecule is COc1cc(-c2nnc(COC(=O)c3ccc(N(C)C)cc3)o2)cc(OC)c1OC. The first-order chi connectivity index (χ1) is 14.5. The number of benzene rings is 2. The molecule has 0 radical (unpaired) electrons. The minimum absolute atomic E-state index is 0.147. The number of nitrogens with zero attached hydrogens (tertiary/aromatic N) is 3. The molecule has 0 spiro atoms. The summed E-state index contributed by atoms with van der Waals surface area (Å²) in [5, 5.41) is 7.94. The summed E-state index contributed by atoms with van der Waals surface area (Å²) in [5.41, 5.74) is 2.00. The lowest BCUT2D eigenvalue weighted by Gasteiger charge is -2.12. The van der Waals surface area contributed by atoms with Crippen LogP contribution in [0.2, 0.25) is 0 Å². The fourth-order valence-corrected chi connectivity index (χ4v) is 2.74. The summed E-state index contributed by atoms with van der Waals surface area (Å²) in [6, 6.07) is 10.5. The molecule has 0 bridgehead atoms. The van der Waals surface area contributed by atoms with Crippen LogP contribution in [0.1, 0.15) is 16.2 Å². The standard InChI is InChI=1S/C21H23N3O6/c1-24(2)15-8-6-13(7-9-15)21(25)29-12-18-22-23-20(30-18)14-10-16(26-3)19(28-5)17(11-14)27-4/h6-11H,12H2,1-5H3. The van der Waals surface area contributed by atoms with Crippen LogP contribution in [-0.4, -0.2) is 51.6 Å². The lowest BCUT2D eigenvalue weighted by molar-refractivity contribution is 0.0438.